The number of ether oxygens (including phenoxy) is 5. The zero-order valence-electron chi connectivity index (χ0n) is 22.4. The predicted molar refractivity (Wildman–Crippen MR) is 139 cm³/mol. The summed E-state index contributed by atoms with van der Waals surface area (Å²) < 4.78 is 29.5. The van der Waals surface area contributed by atoms with E-state index in [9.17, 15) is 19.2 Å². The Bertz CT molecular complexity index is 1520. The molecule has 0 saturated carbocycles. The van der Waals surface area contributed by atoms with Gasteiger partial charge in [-0.05, 0) is 26.0 Å². The number of benzene rings is 1. The van der Waals surface area contributed by atoms with Gasteiger partial charge in [0, 0.05) is 18.6 Å². The number of fused-ring (bicyclic) bond motifs is 2. The molecule has 14 heteroatoms. The average Bonchev–Trinajstić information content (AvgIpc) is 3.62. The number of carbonyl (C=O) groups is 4. The van der Waals surface area contributed by atoms with Crippen molar-refractivity contribution in [3.63, 3.8) is 0 Å². The van der Waals surface area contributed by atoms with Crippen molar-refractivity contribution in [1.29, 1.82) is 0 Å². The Morgan fingerprint density at radius 1 is 1.05 bits per heavy atom. The highest BCUT2D eigenvalue weighted by Crippen LogP contribution is 2.46. The maximum absolute atomic E-state index is 13.0. The molecular weight excluding hydrogens is 538 g/mol. The quantitative estimate of drug-likeness (QED) is 0.296. The summed E-state index contributed by atoms with van der Waals surface area (Å²) in [6.07, 6.45) is 0.354. The number of hydrogen-bond acceptors (Lipinski definition) is 12. The lowest BCUT2D eigenvalue weighted by molar-refractivity contribution is -0.183. The van der Waals surface area contributed by atoms with E-state index in [2.05, 4.69) is 20.3 Å². The topological polar surface area (TPSA) is 170 Å². The van der Waals surface area contributed by atoms with Gasteiger partial charge >= 0.3 is 17.9 Å². The third-order valence-electron chi connectivity index (χ3n) is 6.37. The van der Waals surface area contributed by atoms with E-state index in [1.54, 1.807) is 44.2 Å². The Morgan fingerprint density at radius 3 is 2.51 bits per heavy atom. The van der Waals surface area contributed by atoms with E-state index in [1.807, 2.05) is 0 Å². The number of nitrogens with one attached hydrogen (secondary N) is 1. The molecule has 14 nitrogen and oxygen atoms in total. The van der Waals surface area contributed by atoms with Gasteiger partial charge in [0.15, 0.2) is 34.8 Å². The van der Waals surface area contributed by atoms with Gasteiger partial charge in [-0.3, -0.25) is 19.0 Å². The van der Waals surface area contributed by atoms with Crippen LogP contribution in [0, 0.1) is 0 Å². The minimum atomic E-state index is -1.83. The van der Waals surface area contributed by atoms with Gasteiger partial charge in [-0.2, -0.15) is 0 Å². The fourth-order valence-electron chi connectivity index (χ4n) is 4.69. The SMILES string of the molecule is CCOC(=O)C[C@]1(C(=O)OCC)C=C2O[C@@H](n3cnc4c(NC(=O)c5ccccc5)ncnc43)[C@H](OC(C)=O)[C@@H]2O1. The number of rotatable bonds is 9. The third-order valence-corrected chi connectivity index (χ3v) is 6.37. The molecule has 0 bridgehead atoms. The summed E-state index contributed by atoms with van der Waals surface area (Å²) >= 11 is 0. The molecule has 0 spiro atoms. The first-order valence-corrected chi connectivity index (χ1v) is 12.9. The summed E-state index contributed by atoms with van der Waals surface area (Å²) in [6, 6.07) is 8.59. The first kappa shape index (κ1) is 27.7. The first-order valence-electron chi connectivity index (χ1n) is 12.9. The van der Waals surface area contributed by atoms with Crippen molar-refractivity contribution < 1.29 is 42.9 Å². The molecule has 0 aliphatic carbocycles. The molecule has 2 aliphatic rings. The van der Waals surface area contributed by atoms with Crippen molar-refractivity contribution >= 4 is 40.8 Å². The van der Waals surface area contributed by atoms with Crippen molar-refractivity contribution in [2.75, 3.05) is 18.5 Å². The van der Waals surface area contributed by atoms with Gasteiger partial charge in [-0.15, -0.1) is 0 Å². The zero-order valence-corrected chi connectivity index (χ0v) is 22.4. The van der Waals surface area contributed by atoms with Gasteiger partial charge < -0.3 is 29.0 Å². The van der Waals surface area contributed by atoms with Crippen LogP contribution in [0.3, 0.4) is 0 Å². The minimum absolute atomic E-state index is 0.0430. The highest BCUT2D eigenvalue weighted by Gasteiger charge is 2.59. The Kier molecular flexibility index (Phi) is 7.66. The third kappa shape index (κ3) is 5.33. The Hall–Kier alpha value is -4.85. The fourth-order valence-corrected chi connectivity index (χ4v) is 4.69. The number of anilines is 1. The molecule has 1 N–H and O–H groups in total. The standard InChI is InChI=1S/C27H27N5O9/c1-4-37-18(34)12-27(26(36)38-5-2)11-17-20(41-27)21(39-15(3)33)25(40-17)32-14-30-19-22(28-13-29-23(19)32)31-24(35)16-9-7-6-8-10-16/h6-11,13-14,20-21,25H,4-5,12H2,1-3H3,(H,28,29,31,35)/t20-,21-,25-,27+/m1/s1. The number of amides is 1. The molecule has 5 rings (SSSR count). The number of imidazole rings is 1. The van der Waals surface area contributed by atoms with Crippen LogP contribution < -0.4 is 5.32 Å². The van der Waals surface area contributed by atoms with Crippen molar-refractivity contribution in [2.45, 2.75) is 51.2 Å². The molecule has 0 unspecified atom stereocenters. The molecule has 0 radical (unpaired) electrons. The second-order valence-electron chi connectivity index (χ2n) is 9.13. The summed E-state index contributed by atoms with van der Waals surface area (Å²) in [7, 11) is 0. The van der Waals surface area contributed by atoms with E-state index >= 15 is 0 Å². The van der Waals surface area contributed by atoms with Crippen molar-refractivity contribution in [3.8, 4) is 0 Å². The number of carbonyl (C=O) groups excluding carboxylic acids is 4. The molecule has 2 aromatic heterocycles. The van der Waals surface area contributed by atoms with Crippen LogP contribution >= 0.6 is 0 Å². The molecule has 214 valence electrons. The monoisotopic (exact) mass is 565 g/mol. The lowest BCUT2D eigenvalue weighted by atomic mass is 10.00. The van der Waals surface area contributed by atoms with Gasteiger partial charge in [0.25, 0.3) is 5.91 Å². The molecule has 1 saturated heterocycles. The largest absolute Gasteiger partial charge is 0.468 e. The Morgan fingerprint density at radius 2 is 1.80 bits per heavy atom. The predicted octanol–water partition coefficient (Wildman–Crippen LogP) is 2.08. The second-order valence-corrected chi connectivity index (χ2v) is 9.13. The Balaban J connectivity index is 1.48. The lowest BCUT2D eigenvalue weighted by Crippen LogP contribution is -2.45. The number of nitrogens with zero attached hydrogens (tertiary/aromatic N) is 4. The second kappa shape index (κ2) is 11.3. The molecule has 4 atom stereocenters. The van der Waals surface area contributed by atoms with Crippen LogP contribution in [0.1, 0.15) is 43.8 Å². The van der Waals surface area contributed by atoms with E-state index in [0.29, 0.717) is 5.56 Å². The first-order chi connectivity index (χ1) is 19.8. The van der Waals surface area contributed by atoms with E-state index < -0.39 is 48.4 Å². The average molecular weight is 566 g/mol. The van der Waals surface area contributed by atoms with Crippen LogP contribution in [0.15, 0.2) is 54.8 Å². The van der Waals surface area contributed by atoms with Crippen LogP contribution in [-0.4, -0.2) is 74.4 Å². The van der Waals surface area contributed by atoms with Gasteiger partial charge in [-0.1, -0.05) is 18.2 Å². The van der Waals surface area contributed by atoms with Crippen LogP contribution in [0.2, 0.25) is 0 Å². The maximum atomic E-state index is 13.0. The normalized spacial score (nSPS) is 22.8. The zero-order chi connectivity index (χ0) is 29.1. The highest BCUT2D eigenvalue weighted by atomic mass is 16.7. The number of esters is 3. The van der Waals surface area contributed by atoms with Crippen LogP contribution in [-0.2, 0) is 38.1 Å². The van der Waals surface area contributed by atoms with Crippen molar-refractivity contribution in [1.82, 2.24) is 19.5 Å². The molecule has 2 aliphatic heterocycles. The smallest absolute Gasteiger partial charge is 0.343 e. The summed E-state index contributed by atoms with van der Waals surface area (Å²) in [5.41, 5.74) is -0.872. The molecule has 41 heavy (non-hydrogen) atoms. The fraction of sp³-hybridized carbons (Fsp3) is 0.370. The molecule has 1 fully saturated rings. The maximum Gasteiger partial charge on any atom is 0.343 e. The van der Waals surface area contributed by atoms with E-state index in [-0.39, 0.29) is 41.9 Å². The lowest BCUT2D eigenvalue weighted by Gasteiger charge is -2.28. The summed E-state index contributed by atoms with van der Waals surface area (Å²) in [6.45, 7) is 4.63. The van der Waals surface area contributed by atoms with Crippen LogP contribution in [0.25, 0.3) is 11.2 Å². The van der Waals surface area contributed by atoms with Gasteiger partial charge in [0.1, 0.15) is 18.4 Å². The Labute approximate surface area is 233 Å². The van der Waals surface area contributed by atoms with Crippen LogP contribution in [0.4, 0.5) is 5.82 Å². The van der Waals surface area contributed by atoms with Gasteiger partial charge in [0.2, 0.25) is 6.23 Å². The van der Waals surface area contributed by atoms with Gasteiger partial charge in [-0.25, -0.2) is 19.7 Å². The highest BCUT2D eigenvalue weighted by molar-refractivity contribution is 6.06. The number of hydrogen-bond donors (Lipinski definition) is 1. The van der Waals surface area contributed by atoms with Crippen LogP contribution in [0.5, 0.6) is 0 Å². The summed E-state index contributed by atoms with van der Waals surface area (Å²) in [5, 5.41) is 2.73. The van der Waals surface area contributed by atoms with E-state index in [1.165, 1.54) is 30.2 Å². The molecular formula is C27H27N5O9. The molecule has 1 amide bonds. The molecule has 4 heterocycles. The van der Waals surface area contributed by atoms with Crippen molar-refractivity contribution in [2.24, 2.45) is 0 Å². The minimum Gasteiger partial charge on any atom is -0.468 e. The van der Waals surface area contributed by atoms with Gasteiger partial charge in [0.05, 0.1) is 19.6 Å². The van der Waals surface area contributed by atoms with E-state index in [4.69, 9.17) is 23.7 Å². The van der Waals surface area contributed by atoms with E-state index in [0.717, 1.165) is 0 Å². The summed E-state index contributed by atoms with van der Waals surface area (Å²) in [4.78, 5) is 63.0. The molecule has 1 aromatic carbocycles. The van der Waals surface area contributed by atoms with Crippen molar-refractivity contribution in [3.05, 3.63) is 60.4 Å². The number of aromatic nitrogens is 4. The molecule has 3 aromatic rings. The summed E-state index contributed by atoms with van der Waals surface area (Å²) in [5.74, 6) is -2.19.